The smallest absolute Gasteiger partial charge is 0.0807 e. The van der Waals surface area contributed by atoms with Crippen LogP contribution in [0.1, 0.15) is 26.2 Å². The largest absolute Gasteiger partial charge is 0.388 e. The van der Waals surface area contributed by atoms with E-state index in [1.54, 1.807) is 0 Å². The molecular formula is C11H17NO. The number of fused-ring (bicyclic) bond motifs is 1. The molecule has 1 aliphatic carbocycles. The van der Waals surface area contributed by atoms with Gasteiger partial charge in [0, 0.05) is 19.5 Å². The van der Waals surface area contributed by atoms with Crippen LogP contribution in [-0.2, 0) is 0 Å². The molecule has 72 valence electrons. The van der Waals surface area contributed by atoms with Crippen molar-refractivity contribution in [3.8, 4) is 11.8 Å². The molecule has 1 N–H and O–H groups in total. The summed E-state index contributed by atoms with van der Waals surface area (Å²) in [4.78, 5) is 2.34. The van der Waals surface area contributed by atoms with E-state index in [1.807, 2.05) is 6.92 Å². The lowest BCUT2D eigenvalue weighted by Gasteiger charge is -2.29. The quantitative estimate of drug-likeness (QED) is 0.635. The average Bonchev–Trinajstić information content (AvgIpc) is 2.76. The molecule has 0 unspecified atom stereocenters. The Morgan fingerprint density at radius 2 is 2.46 bits per heavy atom. The lowest BCUT2D eigenvalue weighted by molar-refractivity contribution is 0.0514. The molecular weight excluding hydrogens is 162 g/mol. The summed E-state index contributed by atoms with van der Waals surface area (Å²) in [5, 5.41) is 9.90. The lowest BCUT2D eigenvalue weighted by atomic mass is 10.1. The Labute approximate surface area is 79.9 Å². The summed E-state index contributed by atoms with van der Waals surface area (Å²) in [7, 11) is 0. The summed E-state index contributed by atoms with van der Waals surface area (Å²) < 4.78 is 0. The van der Waals surface area contributed by atoms with E-state index < -0.39 is 0 Å². The molecule has 2 nitrogen and oxygen atoms in total. The average molecular weight is 179 g/mol. The Bertz CT molecular complexity index is 253. The molecule has 0 aromatic carbocycles. The van der Waals surface area contributed by atoms with E-state index in [0.717, 1.165) is 32.5 Å². The van der Waals surface area contributed by atoms with Crippen LogP contribution in [0.25, 0.3) is 0 Å². The van der Waals surface area contributed by atoms with Gasteiger partial charge in [0.15, 0.2) is 0 Å². The first-order chi connectivity index (χ1) is 6.24. The van der Waals surface area contributed by atoms with Gasteiger partial charge in [0.05, 0.1) is 5.60 Å². The summed E-state index contributed by atoms with van der Waals surface area (Å²) in [6, 6.07) is 0. The van der Waals surface area contributed by atoms with Gasteiger partial charge in [0.1, 0.15) is 0 Å². The Hall–Kier alpha value is -0.520. The van der Waals surface area contributed by atoms with Gasteiger partial charge in [-0.25, -0.2) is 0 Å². The fourth-order valence-corrected chi connectivity index (χ4v) is 2.27. The third kappa shape index (κ3) is 1.87. The van der Waals surface area contributed by atoms with Crippen LogP contribution in [0.15, 0.2) is 0 Å². The van der Waals surface area contributed by atoms with Crippen LogP contribution < -0.4 is 0 Å². The van der Waals surface area contributed by atoms with Crippen LogP contribution >= 0.6 is 0 Å². The molecule has 0 aromatic heterocycles. The van der Waals surface area contributed by atoms with Gasteiger partial charge in [-0.3, -0.25) is 4.90 Å². The minimum Gasteiger partial charge on any atom is -0.388 e. The second-order valence-corrected chi connectivity index (χ2v) is 4.25. The van der Waals surface area contributed by atoms with Gasteiger partial charge in [-0.1, -0.05) is 0 Å². The number of β-amino-alcohol motifs (C(OH)–C–C–N with tert-alkyl or cyclic N) is 1. The van der Waals surface area contributed by atoms with Crippen LogP contribution in [0, 0.1) is 17.8 Å². The summed E-state index contributed by atoms with van der Waals surface area (Å²) in [5.41, 5.74) is -0.308. The topological polar surface area (TPSA) is 23.5 Å². The van der Waals surface area contributed by atoms with E-state index in [1.165, 1.54) is 6.42 Å². The van der Waals surface area contributed by atoms with Crippen molar-refractivity contribution in [1.82, 2.24) is 4.90 Å². The molecule has 2 heteroatoms. The molecule has 0 aromatic rings. The highest BCUT2D eigenvalue weighted by Gasteiger charge is 2.55. The first-order valence-electron chi connectivity index (χ1n) is 5.09. The molecule has 2 aliphatic rings. The van der Waals surface area contributed by atoms with E-state index in [4.69, 9.17) is 0 Å². The van der Waals surface area contributed by atoms with Gasteiger partial charge >= 0.3 is 0 Å². The van der Waals surface area contributed by atoms with Crippen molar-refractivity contribution in [2.75, 3.05) is 19.6 Å². The normalized spacial score (nSPS) is 37.5. The lowest BCUT2D eigenvalue weighted by Crippen LogP contribution is -2.40. The number of rotatable bonds is 2. The molecule has 2 fully saturated rings. The van der Waals surface area contributed by atoms with Crippen molar-refractivity contribution >= 4 is 0 Å². The fraction of sp³-hybridized carbons (Fsp3) is 0.818. The minimum atomic E-state index is -0.308. The molecule has 1 saturated carbocycles. The monoisotopic (exact) mass is 179 g/mol. The second kappa shape index (κ2) is 3.32. The van der Waals surface area contributed by atoms with E-state index in [-0.39, 0.29) is 5.60 Å². The van der Waals surface area contributed by atoms with E-state index in [0.29, 0.717) is 5.92 Å². The molecule has 0 spiro atoms. The van der Waals surface area contributed by atoms with Crippen molar-refractivity contribution < 1.29 is 5.11 Å². The highest BCUT2D eigenvalue weighted by molar-refractivity contribution is 5.08. The predicted molar refractivity (Wildman–Crippen MR) is 52.2 cm³/mol. The van der Waals surface area contributed by atoms with Crippen LogP contribution in [0.2, 0.25) is 0 Å². The van der Waals surface area contributed by atoms with Crippen molar-refractivity contribution in [3.63, 3.8) is 0 Å². The first-order valence-corrected chi connectivity index (χ1v) is 5.09. The van der Waals surface area contributed by atoms with Gasteiger partial charge in [-0.05, 0) is 32.2 Å². The zero-order valence-electron chi connectivity index (χ0n) is 8.21. The maximum atomic E-state index is 9.90. The number of piperidine rings is 1. The van der Waals surface area contributed by atoms with Crippen LogP contribution in [0.3, 0.4) is 0 Å². The van der Waals surface area contributed by atoms with Crippen molar-refractivity contribution in [1.29, 1.82) is 0 Å². The number of nitrogens with zero attached hydrogens (tertiary/aromatic N) is 1. The minimum absolute atomic E-state index is 0.308. The Balaban J connectivity index is 1.77. The molecule has 0 radical (unpaired) electrons. The highest BCUT2D eigenvalue weighted by atomic mass is 16.3. The third-order valence-corrected chi connectivity index (χ3v) is 3.22. The highest BCUT2D eigenvalue weighted by Crippen LogP contribution is 2.48. The molecule has 2 rings (SSSR count). The third-order valence-electron chi connectivity index (χ3n) is 3.22. The van der Waals surface area contributed by atoms with Gasteiger partial charge in [0.2, 0.25) is 0 Å². The number of hydrogen-bond acceptors (Lipinski definition) is 2. The molecule has 1 heterocycles. The molecule has 13 heavy (non-hydrogen) atoms. The summed E-state index contributed by atoms with van der Waals surface area (Å²) in [6.45, 7) is 4.93. The van der Waals surface area contributed by atoms with Crippen LogP contribution in [0.4, 0.5) is 0 Å². The summed E-state index contributed by atoms with van der Waals surface area (Å²) in [6.07, 6.45) is 3.15. The molecule has 1 aliphatic heterocycles. The molecule has 1 saturated heterocycles. The number of aliphatic hydroxyl groups is 1. The molecule has 0 amide bonds. The Kier molecular flexibility index (Phi) is 2.31. The van der Waals surface area contributed by atoms with Gasteiger partial charge in [0.25, 0.3) is 0 Å². The summed E-state index contributed by atoms with van der Waals surface area (Å²) in [5.74, 6) is 6.57. The van der Waals surface area contributed by atoms with E-state index >= 15 is 0 Å². The molecule has 2 atom stereocenters. The van der Waals surface area contributed by atoms with Crippen molar-refractivity contribution in [2.24, 2.45) is 5.92 Å². The zero-order chi connectivity index (χ0) is 9.31. The second-order valence-electron chi connectivity index (χ2n) is 4.25. The van der Waals surface area contributed by atoms with Gasteiger partial charge in [-0.15, -0.1) is 11.8 Å². The zero-order valence-corrected chi connectivity index (χ0v) is 8.21. The molecule has 0 bridgehead atoms. The Morgan fingerprint density at radius 1 is 1.62 bits per heavy atom. The van der Waals surface area contributed by atoms with Crippen molar-refractivity contribution in [3.05, 3.63) is 0 Å². The van der Waals surface area contributed by atoms with Crippen molar-refractivity contribution in [2.45, 2.75) is 31.8 Å². The SMILES string of the molecule is CC#CCCN1CC[C@@H]2C[C@]2(O)C1. The van der Waals surface area contributed by atoms with E-state index in [9.17, 15) is 5.11 Å². The summed E-state index contributed by atoms with van der Waals surface area (Å²) >= 11 is 0. The van der Waals surface area contributed by atoms with Gasteiger partial charge in [-0.2, -0.15) is 0 Å². The fourth-order valence-electron chi connectivity index (χ4n) is 2.27. The van der Waals surface area contributed by atoms with Gasteiger partial charge < -0.3 is 5.11 Å². The number of likely N-dealkylation sites (tertiary alicyclic amines) is 1. The maximum absolute atomic E-state index is 9.90. The maximum Gasteiger partial charge on any atom is 0.0807 e. The van der Waals surface area contributed by atoms with Crippen LogP contribution in [-0.4, -0.2) is 35.2 Å². The number of hydrogen-bond donors (Lipinski definition) is 1. The van der Waals surface area contributed by atoms with E-state index in [2.05, 4.69) is 16.7 Å². The Morgan fingerprint density at radius 3 is 3.15 bits per heavy atom. The first kappa shape index (κ1) is 9.05. The predicted octanol–water partition coefficient (Wildman–Crippen LogP) is 0.857. The van der Waals surface area contributed by atoms with Crippen LogP contribution in [0.5, 0.6) is 0 Å². The standard InChI is InChI=1S/C11H17NO/c1-2-3-4-6-12-7-5-10-8-11(10,13)9-12/h10,13H,4-9H2,1H3/t10-,11+/m1/s1.